The zero-order valence-electron chi connectivity index (χ0n) is 7.24. The third kappa shape index (κ3) is 1.33. The van der Waals surface area contributed by atoms with E-state index in [0.29, 0.717) is 17.0 Å². The summed E-state index contributed by atoms with van der Waals surface area (Å²) < 4.78 is 5.19. The number of aromatic carboxylic acids is 1. The van der Waals surface area contributed by atoms with Crippen LogP contribution in [-0.4, -0.2) is 16.1 Å². The summed E-state index contributed by atoms with van der Waals surface area (Å²) in [5.41, 5.74) is 1.04. The van der Waals surface area contributed by atoms with Gasteiger partial charge in [-0.3, -0.25) is 0 Å². The average molecular weight is 212 g/mol. The van der Waals surface area contributed by atoms with Gasteiger partial charge in [-0.2, -0.15) is 0 Å². The maximum absolute atomic E-state index is 10.7. The van der Waals surface area contributed by atoms with Crippen LogP contribution in [0.1, 0.15) is 16.2 Å². The highest BCUT2D eigenvalue weighted by molar-refractivity contribution is 6.34. The SMILES string of the molecule is Cc1nc2cc(C(=O)O)c(Cl)cc2o1. The van der Waals surface area contributed by atoms with Crippen LogP contribution in [0.4, 0.5) is 0 Å². The van der Waals surface area contributed by atoms with Crippen molar-refractivity contribution < 1.29 is 14.3 Å². The third-order valence-corrected chi connectivity index (χ3v) is 2.13. The summed E-state index contributed by atoms with van der Waals surface area (Å²) in [5.74, 6) is -0.587. The van der Waals surface area contributed by atoms with Crippen molar-refractivity contribution in [3.8, 4) is 0 Å². The first kappa shape index (κ1) is 9.02. The lowest BCUT2D eigenvalue weighted by Crippen LogP contribution is -1.96. The van der Waals surface area contributed by atoms with Crippen molar-refractivity contribution in [3.05, 3.63) is 28.6 Å². The molecule has 0 atom stereocenters. The Morgan fingerprint density at radius 3 is 2.93 bits per heavy atom. The Balaban J connectivity index is 2.76. The molecule has 5 heteroatoms. The molecule has 0 aliphatic heterocycles. The van der Waals surface area contributed by atoms with E-state index in [9.17, 15) is 4.79 Å². The number of rotatable bonds is 1. The molecular weight excluding hydrogens is 206 g/mol. The quantitative estimate of drug-likeness (QED) is 0.787. The number of halogens is 1. The Labute approximate surface area is 84.1 Å². The van der Waals surface area contributed by atoms with Crippen molar-refractivity contribution in [2.24, 2.45) is 0 Å². The van der Waals surface area contributed by atoms with Crippen molar-refractivity contribution in [2.45, 2.75) is 6.92 Å². The van der Waals surface area contributed by atoms with Crippen LogP contribution >= 0.6 is 11.6 Å². The Bertz CT molecular complexity index is 518. The maximum Gasteiger partial charge on any atom is 0.337 e. The molecule has 1 aromatic heterocycles. The smallest absolute Gasteiger partial charge is 0.337 e. The van der Waals surface area contributed by atoms with Gasteiger partial charge in [-0.1, -0.05) is 11.6 Å². The third-order valence-electron chi connectivity index (χ3n) is 1.81. The van der Waals surface area contributed by atoms with Crippen LogP contribution in [-0.2, 0) is 0 Å². The van der Waals surface area contributed by atoms with Gasteiger partial charge in [-0.05, 0) is 6.07 Å². The van der Waals surface area contributed by atoms with Gasteiger partial charge in [0.2, 0.25) is 0 Å². The van der Waals surface area contributed by atoms with Crippen molar-refractivity contribution in [2.75, 3.05) is 0 Å². The summed E-state index contributed by atoms with van der Waals surface area (Å²) in [6, 6.07) is 2.86. The molecule has 4 nitrogen and oxygen atoms in total. The van der Waals surface area contributed by atoms with Crippen molar-refractivity contribution in [1.82, 2.24) is 4.98 Å². The normalized spacial score (nSPS) is 10.7. The van der Waals surface area contributed by atoms with Gasteiger partial charge in [-0.25, -0.2) is 9.78 Å². The number of aryl methyl sites for hydroxylation is 1. The van der Waals surface area contributed by atoms with Crippen LogP contribution in [0.25, 0.3) is 11.1 Å². The van der Waals surface area contributed by atoms with Gasteiger partial charge < -0.3 is 9.52 Å². The predicted octanol–water partition coefficient (Wildman–Crippen LogP) is 2.49. The van der Waals surface area contributed by atoms with Gasteiger partial charge in [0, 0.05) is 13.0 Å². The Morgan fingerprint density at radius 2 is 2.29 bits per heavy atom. The number of carboxylic acids is 1. The number of aromatic nitrogens is 1. The van der Waals surface area contributed by atoms with Crippen LogP contribution in [0, 0.1) is 6.92 Å². The topological polar surface area (TPSA) is 63.3 Å². The molecule has 0 fully saturated rings. The fourth-order valence-corrected chi connectivity index (χ4v) is 1.46. The summed E-state index contributed by atoms with van der Waals surface area (Å²) in [6.45, 7) is 1.69. The van der Waals surface area contributed by atoms with Crippen LogP contribution in [0.5, 0.6) is 0 Å². The van der Waals surface area contributed by atoms with Crippen molar-refractivity contribution in [3.63, 3.8) is 0 Å². The first-order valence-corrected chi connectivity index (χ1v) is 4.25. The Morgan fingerprint density at radius 1 is 1.57 bits per heavy atom. The van der Waals surface area contributed by atoms with E-state index in [-0.39, 0.29) is 10.6 Å². The van der Waals surface area contributed by atoms with E-state index in [2.05, 4.69) is 4.98 Å². The molecule has 0 saturated heterocycles. The second-order valence-electron chi connectivity index (χ2n) is 2.84. The van der Waals surface area contributed by atoms with Gasteiger partial charge in [0.1, 0.15) is 5.52 Å². The number of benzene rings is 1. The number of hydrogen-bond donors (Lipinski definition) is 1. The fourth-order valence-electron chi connectivity index (χ4n) is 1.23. The standard InChI is InChI=1S/C9H6ClNO3/c1-4-11-7-2-5(9(12)13)6(10)3-8(7)14-4/h2-3H,1H3,(H,12,13). The molecule has 0 aliphatic carbocycles. The molecule has 2 rings (SSSR count). The molecule has 1 heterocycles. The Hall–Kier alpha value is -1.55. The van der Waals surface area contributed by atoms with E-state index >= 15 is 0 Å². The lowest BCUT2D eigenvalue weighted by Gasteiger charge is -1.96. The number of carboxylic acid groups (broad SMARTS) is 1. The number of fused-ring (bicyclic) bond motifs is 1. The first-order valence-electron chi connectivity index (χ1n) is 3.88. The van der Waals surface area contributed by atoms with Crippen LogP contribution in [0.15, 0.2) is 16.5 Å². The largest absolute Gasteiger partial charge is 0.478 e. The Kier molecular flexibility index (Phi) is 1.93. The molecule has 0 amide bonds. The molecule has 72 valence electrons. The van der Waals surface area contributed by atoms with Gasteiger partial charge in [0.15, 0.2) is 11.5 Å². The van der Waals surface area contributed by atoms with E-state index in [1.54, 1.807) is 6.92 Å². The number of nitrogens with zero attached hydrogens (tertiary/aromatic N) is 1. The molecule has 0 unspecified atom stereocenters. The highest BCUT2D eigenvalue weighted by Gasteiger charge is 2.12. The maximum atomic E-state index is 10.7. The zero-order valence-corrected chi connectivity index (χ0v) is 8.00. The van der Waals surface area contributed by atoms with Crippen LogP contribution in [0.2, 0.25) is 5.02 Å². The lowest BCUT2D eigenvalue weighted by atomic mass is 10.2. The first-order chi connectivity index (χ1) is 6.58. The lowest BCUT2D eigenvalue weighted by molar-refractivity contribution is 0.0697. The second-order valence-corrected chi connectivity index (χ2v) is 3.25. The molecule has 1 N–H and O–H groups in total. The molecule has 2 aromatic rings. The minimum atomic E-state index is -1.07. The predicted molar refractivity (Wildman–Crippen MR) is 50.7 cm³/mol. The molecule has 0 spiro atoms. The average Bonchev–Trinajstić information content (AvgIpc) is 2.42. The summed E-state index contributed by atoms with van der Waals surface area (Å²) >= 11 is 5.74. The van der Waals surface area contributed by atoms with Gasteiger partial charge in [-0.15, -0.1) is 0 Å². The highest BCUT2D eigenvalue weighted by Crippen LogP contribution is 2.24. The number of carbonyl (C=O) groups is 1. The zero-order chi connectivity index (χ0) is 10.3. The summed E-state index contributed by atoms with van der Waals surface area (Å²) in [6.07, 6.45) is 0. The fraction of sp³-hybridized carbons (Fsp3) is 0.111. The highest BCUT2D eigenvalue weighted by atomic mass is 35.5. The van der Waals surface area contributed by atoms with Crippen molar-refractivity contribution >= 4 is 28.7 Å². The molecule has 14 heavy (non-hydrogen) atoms. The van der Waals surface area contributed by atoms with E-state index in [1.807, 2.05) is 0 Å². The van der Waals surface area contributed by atoms with E-state index < -0.39 is 5.97 Å². The van der Waals surface area contributed by atoms with E-state index in [0.717, 1.165) is 0 Å². The molecule has 0 saturated carbocycles. The van der Waals surface area contributed by atoms with Gasteiger partial charge in [0.25, 0.3) is 0 Å². The van der Waals surface area contributed by atoms with Gasteiger partial charge in [0.05, 0.1) is 10.6 Å². The van der Waals surface area contributed by atoms with E-state index in [4.69, 9.17) is 21.1 Å². The van der Waals surface area contributed by atoms with E-state index in [1.165, 1.54) is 12.1 Å². The molecule has 0 radical (unpaired) electrons. The second kappa shape index (κ2) is 2.99. The summed E-state index contributed by atoms with van der Waals surface area (Å²) in [5, 5.41) is 8.94. The van der Waals surface area contributed by atoms with Crippen molar-refractivity contribution in [1.29, 1.82) is 0 Å². The molecular formula is C9H6ClNO3. The number of hydrogen-bond acceptors (Lipinski definition) is 3. The monoisotopic (exact) mass is 211 g/mol. The number of oxazole rings is 1. The summed E-state index contributed by atoms with van der Waals surface area (Å²) in [4.78, 5) is 14.7. The molecule has 0 bridgehead atoms. The minimum Gasteiger partial charge on any atom is -0.478 e. The summed E-state index contributed by atoms with van der Waals surface area (Å²) in [7, 11) is 0. The molecule has 0 aliphatic rings. The van der Waals surface area contributed by atoms with Gasteiger partial charge >= 0.3 is 5.97 Å². The van der Waals surface area contributed by atoms with Crippen LogP contribution in [0.3, 0.4) is 0 Å². The minimum absolute atomic E-state index is 0.0347. The van der Waals surface area contributed by atoms with Crippen LogP contribution < -0.4 is 0 Å². The molecule has 1 aromatic carbocycles.